The highest BCUT2D eigenvalue weighted by molar-refractivity contribution is 6.31. The molecule has 1 heterocycles. The van der Waals surface area contributed by atoms with E-state index in [9.17, 15) is 0 Å². The summed E-state index contributed by atoms with van der Waals surface area (Å²) in [6.45, 7) is 5.90. The van der Waals surface area contributed by atoms with E-state index in [2.05, 4.69) is 22.4 Å². The third kappa shape index (κ3) is 4.44. The van der Waals surface area contributed by atoms with Crippen molar-refractivity contribution < 1.29 is 9.26 Å². The molecule has 0 unspecified atom stereocenters. The van der Waals surface area contributed by atoms with E-state index in [0.717, 1.165) is 36.5 Å². The second-order valence-corrected chi connectivity index (χ2v) is 5.05. The van der Waals surface area contributed by atoms with Crippen LogP contribution in [0.2, 0.25) is 5.02 Å². The second-order valence-electron chi connectivity index (χ2n) is 4.64. The first-order valence-electron chi connectivity index (χ1n) is 7.17. The number of ether oxygens (including phenoxy) is 1. The molecule has 0 saturated carbocycles. The van der Waals surface area contributed by atoms with E-state index in [1.807, 2.05) is 25.1 Å². The summed E-state index contributed by atoms with van der Waals surface area (Å²) in [4.78, 5) is 4.28. The lowest BCUT2D eigenvalue weighted by Crippen LogP contribution is -2.13. The minimum Gasteiger partial charge on any atom is -0.483 e. The van der Waals surface area contributed by atoms with E-state index in [-0.39, 0.29) is 6.61 Å². The van der Waals surface area contributed by atoms with Crippen LogP contribution in [0, 0.1) is 0 Å². The van der Waals surface area contributed by atoms with Crippen LogP contribution in [0.15, 0.2) is 22.7 Å². The summed E-state index contributed by atoms with van der Waals surface area (Å²) in [6.07, 6.45) is 1.80. The third-order valence-electron chi connectivity index (χ3n) is 2.96. The van der Waals surface area contributed by atoms with Crippen molar-refractivity contribution in [2.45, 2.75) is 39.8 Å². The maximum absolute atomic E-state index is 6.22. The Morgan fingerprint density at radius 3 is 2.95 bits per heavy atom. The number of nitrogens with one attached hydrogen (secondary N) is 1. The summed E-state index contributed by atoms with van der Waals surface area (Å²) in [5, 5.41) is 7.84. The number of benzene rings is 1. The van der Waals surface area contributed by atoms with Gasteiger partial charge in [0.15, 0.2) is 12.4 Å². The van der Waals surface area contributed by atoms with Gasteiger partial charge in [0, 0.05) is 23.6 Å². The number of halogens is 1. The van der Waals surface area contributed by atoms with Crippen LogP contribution < -0.4 is 10.1 Å². The first-order chi connectivity index (χ1) is 10.2. The predicted molar refractivity (Wildman–Crippen MR) is 81.5 cm³/mol. The fraction of sp³-hybridized carbons (Fsp3) is 0.467. The van der Waals surface area contributed by atoms with Gasteiger partial charge in [-0.1, -0.05) is 36.7 Å². The molecule has 1 aromatic carbocycles. The number of hydrogen-bond donors (Lipinski definition) is 1. The molecule has 2 aromatic rings. The zero-order chi connectivity index (χ0) is 15.1. The van der Waals surface area contributed by atoms with Crippen molar-refractivity contribution in [3.63, 3.8) is 0 Å². The molecule has 0 amide bonds. The van der Waals surface area contributed by atoms with Crippen molar-refractivity contribution in [3.8, 4) is 5.75 Å². The molecule has 6 heteroatoms. The minimum absolute atomic E-state index is 0.246. The van der Waals surface area contributed by atoms with Crippen molar-refractivity contribution in [2.24, 2.45) is 0 Å². The number of rotatable bonds is 8. The monoisotopic (exact) mass is 309 g/mol. The Kier molecular flexibility index (Phi) is 6.02. The van der Waals surface area contributed by atoms with Gasteiger partial charge in [-0.05, 0) is 25.1 Å². The maximum Gasteiger partial charge on any atom is 0.264 e. The largest absolute Gasteiger partial charge is 0.483 e. The van der Waals surface area contributed by atoms with Gasteiger partial charge in [-0.15, -0.1) is 0 Å². The highest BCUT2D eigenvalue weighted by Crippen LogP contribution is 2.26. The van der Waals surface area contributed by atoms with Gasteiger partial charge < -0.3 is 14.6 Å². The van der Waals surface area contributed by atoms with Gasteiger partial charge in [-0.2, -0.15) is 4.98 Å². The molecule has 0 aliphatic rings. The zero-order valence-corrected chi connectivity index (χ0v) is 13.1. The molecule has 21 heavy (non-hydrogen) atoms. The lowest BCUT2D eigenvalue weighted by Gasteiger charge is -2.12. The summed E-state index contributed by atoms with van der Waals surface area (Å²) >= 11 is 6.22. The number of hydrogen-bond acceptors (Lipinski definition) is 5. The summed E-state index contributed by atoms with van der Waals surface area (Å²) in [7, 11) is 0. The molecule has 0 saturated heterocycles. The molecule has 0 radical (unpaired) electrons. The summed E-state index contributed by atoms with van der Waals surface area (Å²) in [5.41, 5.74) is 0.939. The quantitative estimate of drug-likeness (QED) is 0.810. The molecule has 0 spiro atoms. The third-order valence-corrected chi connectivity index (χ3v) is 3.32. The van der Waals surface area contributed by atoms with E-state index >= 15 is 0 Å². The van der Waals surface area contributed by atoms with Gasteiger partial charge >= 0.3 is 0 Å². The average molecular weight is 310 g/mol. The van der Waals surface area contributed by atoms with Crippen LogP contribution in [0.5, 0.6) is 5.75 Å². The molecule has 114 valence electrons. The molecule has 5 nitrogen and oxygen atoms in total. The van der Waals surface area contributed by atoms with Crippen LogP contribution in [0.1, 0.15) is 37.5 Å². The first kappa shape index (κ1) is 15.8. The van der Waals surface area contributed by atoms with Gasteiger partial charge in [0.05, 0.1) is 0 Å². The van der Waals surface area contributed by atoms with Crippen LogP contribution in [0.25, 0.3) is 0 Å². The van der Waals surface area contributed by atoms with Crippen molar-refractivity contribution >= 4 is 11.6 Å². The lowest BCUT2D eigenvalue weighted by molar-refractivity contribution is 0.240. The summed E-state index contributed by atoms with van der Waals surface area (Å²) < 4.78 is 10.9. The molecule has 2 rings (SSSR count). The van der Waals surface area contributed by atoms with E-state index in [0.29, 0.717) is 17.5 Å². The van der Waals surface area contributed by atoms with E-state index in [4.69, 9.17) is 20.9 Å². The highest BCUT2D eigenvalue weighted by atomic mass is 35.5. The minimum atomic E-state index is 0.246. The fourth-order valence-corrected chi connectivity index (χ4v) is 2.14. The van der Waals surface area contributed by atoms with Gasteiger partial charge in [0.2, 0.25) is 0 Å². The predicted octanol–water partition coefficient (Wildman–Crippen LogP) is 3.36. The normalized spacial score (nSPS) is 10.8. The Balaban J connectivity index is 2.03. The fourth-order valence-electron chi connectivity index (χ4n) is 1.91. The van der Waals surface area contributed by atoms with Gasteiger partial charge in [0.25, 0.3) is 5.89 Å². The molecule has 1 N–H and O–H groups in total. The molecule has 0 aliphatic heterocycles. The van der Waals surface area contributed by atoms with Crippen molar-refractivity contribution in [3.05, 3.63) is 40.5 Å². The van der Waals surface area contributed by atoms with Crippen molar-refractivity contribution in [2.75, 3.05) is 6.54 Å². The topological polar surface area (TPSA) is 60.2 Å². The average Bonchev–Trinajstić information content (AvgIpc) is 2.92. The molecule has 0 atom stereocenters. The van der Waals surface area contributed by atoms with Crippen LogP contribution in [0.4, 0.5) is 0 Å². The molecule has 0 bridgehead atoms. The van der Waals surface area contributed by atoms with Gasteiger partial charge in [-0.25, -0.2) is 0 Å². The van der Waals surface area contributed by atoms with Crippen LogP contribution in [-0.2, 0) is 19.6 Å². The molecular weight excluding hydrogens is 290 g/mol. The molecular formula is C15H20ClN3O2. The van der Waals surface area contributed by atoms with E-state index < -0.39 is 0 Å². The Bertz CT molecular complexity index is 572. The molecule has 0 aliphatic carbocycles. The van der Waals surface area contributed by atoms with Crippen molar-refractivity contribution in [1.29, 1.82) is 0 Å². The van der Waals surface area contributed by atoms with E-state index in [1.165, 1.54) is 0 Å². The standard InChI is InChI=1S/C15H20ClN3O2/c1-3-6-14-18-15(21-19-14)10-20-13-8-5-7-12(16)11(13)9-17-4-2/h5,7-8,17H,3-4,6,9-10H2,1-2H3. The van der Waals surface area contributed by atoms with Crippen LogP contribution in [-0.4, -0.2) is 16.7 Å². The highest BCUT2D eigenvalue weighted by Gasteiger charge is 2.10. The van der Waals surface area contributed by atoms with Gasteiger partial charge in [-0.3, -0.25) is 0 Å². The Morgan fingerprint density at radius 1 is 1.33 bits per heavy atom. The number of nitrogens with zero attached hydrogens (tertiary/aromatic N) is 2. The molecule has 1 aromatic heterocycles. The Labute approximate surface area is 129 Å². The van der Waals surface area contributed by atoms with Gasteiger partial charge in [0.1, 0.15) is 5.75 Å². The second kappa shape index (κ2) is 8.00. The smallest absolute Gasteiger partial charge is 0.264 e. The summed E-state index contributed by atoms with van der Waals surface area (Å²) in [5.74, 6) is 1.93. The zero-order valence-electron chi connectivity index (χ0n) is 12.4. The molecule has 0 fully saturated rings. The Hall–Kier alpha value is -1.59. The summed E-state index contributed by atoms with van der Waals surface area (Å²) in [6, 6.07) is 5.61. The maximum atomic E-state index is 6.22. The Morgan fingerprint density at radius 2 is 2.19 bits per heavy atom. The SMILES string of the molecule is CCCc1noc(COc2cccc(Cl)c2CNCC)n1. The van der Waals surface area contributed by atoms with E-state index in [1.54, 1.807) is 0 Å². The lowest BCUT2D eigenvalue weighted by atomic mass is 10.2. The van der Waals surface area contributed by atoms with Crippen LogP contribution in [0.3, 0.4) is 0 Å². The number of aromatic nitrogens is 2. The van der Waals surface area contributed by atoms with Crippen molar-refractivity contribution in [1.82, 2.24) is 15.5 Å². The number of aryl methyl sites for hydroxylation is 1. The first-order valence-corrected chi connectivity index (χ1v) is 7.54. The van der Waals surface area contributed by atoms with Crippen LogP contribution >= 0.6 is 11.6 Å².